The van der Waals surface area contributed by atoms with E-state index in [1.54, 1.807) is 0 Å². The molecule has 20 heavy (non-hydrogen) atoms. The van der Waals surface area contributed by atoms with Crippen molar-refractivity contribution in [1.82, 2.24) is 9.97 Å². The van der Waals surface area contributed by atoms with Gasteiger partial charge in [-0.1, -0.05) is 18.2 Å². The molecule has 2 atom stereocenters. The van der Waals surface area contributed by atoms with Gasteiger partial charge in [-0.15, -0.1) is 0 Å². The molecule has 0 saturated heterocycles. The lowest BCUT2D eigenvalue weighted by atomic mass is 10.1. The summed E-state index contributed by atoms with van der Waals surface area (Å²) >= 11 is 1.84. The lowest BCUT2D eigenvalue weighted by molar-refractivity contribution is 0.340. The first-order chi connectivity index (χ1) is 9.80. The van der Waals surface area contributed by atoms with Gasteiger partial charge in [0.25, 0.3) is 0 Å². The zero-order valence-corrected chi connectivity index (χ0v) is 12.6. The van der Waals surface area contributed by atoms with Crippen LogP contribution in [0.4, 0.5) is 0 Å². The Hall–Kier alpha value is -1.20. The van der Waals surface area contributed by atoms with Crippen molar-refractivity contribution in [1.29, 1.82) is 0 Å². The second-order valence-corrected chi connectivity index (χ2v) is 6.46. The molecule has 1 heterocycles. The third-order valence-electron chi connectivity index (χ3n) is 3.90. The zero-order valence-electron chi connectivity index (χ0n) is 11.8. The number of fused-ring (bicyclic) bond motifs is 1. The highest BCUT2D eigenvalue weighted by Crippen LogP contribution is 2.38. The van der Waals surface area contributed by atoms with E-state index in [0.29, 0.717) is 17.8 Å². The highest BCUT2D eigenvalue weighted by Gasteiger charge is 2.27. The fourth-order valence-corrected chi connectivity index (χ4v) is 4.18. The maximum atomic E-state index is 5.85. The van der Waals surface area contributed by atoms with E-state index in [4.69, 9.17) is 10.5 Å². The number of aromatic amines is 1. The van der Waals surface area contributed by atoms with Crippen LogP contribution in [0.15, 0.2) is 23.4 Å². The van der Waals surface area contributed by atoms with Gasteiger partial charge in [0.1, 0.15) is 5.75 Å². The molecule has 0 radical (unpaired) electrons. The summed E-state index contributed by atoms with van der Waals surface area (Å²) < 4.78 is 5.52. The summed E-state index contributed by atoms with van der Waals surface area (Å²) in [4.78, 5) is 8.05. The van der Waals surface area contributed by atoms with Gasteiger partial charge in [0.2, 0.25) is 0 Å². The van der Waals surface area contributed by atoms with Gasteiger partial charge in [0, 0.05) is 11.3 Å². The Morgan fingerprint density at radius 3 is 3.15 bits per heavy atom. The van der Waals surface area contributed by atoms with E-state index >= 15 is 0 Å². The molecule has 3 N–H and O–H groups in total. The number of nitrogens with two attached hydrogens (primary N) is 1. The molecule has 5 heteroatoms. The maximum Gasteiger partial charge on any atom is 0.166 e. The van der Waals surface area contributed by atoms with Crippen molar-refractivity contribution in [3.05, 3.63) is 18.2 Å². The van der Waals surface area contributed by atoms with E-state index in [0.717, 1.165) is 28.5 Å². The molecule has 2 aromatic rings. The monoisotopic (exact) mass is 291 g/mol. The molecule has 1 fully saturated rings. The molecule has 2 unspecified atom stereocenters. The van der Waals surface area contributed by atoms with Crippen molar-refractivity contribution < 1.29 is 4.74 Å². The van der Waals surface area contributed by atoms with Crippen molar-refractivity contribution >= 4 is 22.8 Å². The number of nitrogens with one attached hydrogen (secondary N) is 1. The van der Waals surface area contributed by atoms with Crippen molar-refractivity contribution in [3.8, 4) is 5.75 Å². The van der Waals surface area contributed by atoms with Crippen LogP contribution in [0.5, 0.6) is 5.75 Å². The molecular weight excluding hydrogens is 270 g/mol. The molecule has 1 aromatic heterocycles. The van der Waals surface area contributed by atoms with Crippen LogP contribution in [0.25, 0.3) is 11.0 Å². The summed E-state index contributed by atoms with van der Waals surface area (Å²) in [6.45, 7) is 3.46. The fraction of sp³-hybridized carbons (Fsp3) is 0.533. The molecule has 0 spiro atoms. The molecule has 1 aromatic carbocycles. The summed E-state index contributed by atoms with van der Waals surface area (Å²) in [6, 6.07) is 6.00. The highest BCUT2D eigenvalue weighted by atomic mass is 32.2. The smallest absolute Gasteiger partial charge is 0.166 e. The minimum atomic E-state index is 0.604. The number of imidazole rings is 1. The van der Waals surface area contributed by atoms with Gasteiger partial charge in [-0.25, -0.2) is 4.98 Å². The number of thioether (sulfide) groups is 1. The molecule has 108 valence electrons. The van der Waals surface area contributed by atoms with Crippen LogP contribution in [0.3, 0.4) is 0 Å². The Labute approximate surface area is 123 Å². The predicted octanol–water partition coefficient (Wildman–Crippen LogP) is 3.18. The van der Waals surface area contributed by atoms with Crippen LogP contribution < -0.4 is 10.5 Å². The maximum absolute atomic E-state index is 5.85. The summed E-state index contributed by atoms with van der Waals surface area (Å²) in [5.41, 5.74) is 7.89. The molecule has 3 rings (SSSR count). The lowest BCUT2D eigenvalue weighted by Gasteiger charge is -2.15. The van der Waals surface area contributed by atoms with E-state index < -0.39 is 0 Å². The number of hydrogen-bond donors (Lipinski definition) is 2. The van der Waals surface area contributed by atoms with Crippen molar-refractivity contribution in [3.63, 3.8) is 0 Å². The highest BCUT2D eigenvalue weighted by molar-refractivity contribution is 7.99. The summed E-state index contributed by atoms with van der Waals surface area (Å²) in [6.07, 6.45) is 3.78. The third-order valence-corrected chi connectivity index (χ3v) is 5.24. The van der Waals surface area contributed by atoms with Crippen molar-refractivity contribution in [2.45, 2.75) is 36.6 Å². The standard InChI is InChI=1S/C15H21N3OS/c1-2-19-11-6-7-12-13(8-11)18-15(17-12)20-14-5-3-4-10(14)9-16/h6-8,10,14H,2-5,9,16H2,1H3,(H,17,18). The molecule has 0 bridgehead atoms. The normalized spacial score (nSPS) is 22.5. The lowest BCUT2D eigenvalue weighted by Crippen LogP contribution is -2.20. The Morgan fingerprint density at radius 1 is 1.45 bits per heavy atom. The first kappa shape index (κ1) is 13.8. The molecule has 0 aliphatic heterocycles. The van der Waals surface area contributed by atoms with Crippen molar-refractivity contribution in [2.24, 2.45) is 11.7 Å². The van der Waals surface area contributed by atoms with Crippen LogP contribution in [0.1, 0.15) is 26.2 Å². The summed E-state index contributed by atoms with van der Waals surface area (Å²) in [5.74, 6) is 1.52. The molecule has 1 aliphatic carbocycles. The van der Waals surface area contributed by atoms with Crippen LogP contribution in [0, 0.1) is 5.92 Å². The third kappa shape index (κ3) is 2.79. The Kier molecular flexibility index (Phi) is 4.17. The zero-order chi connectivity index (χ0) is 13.9. The van der Waals surface area contributed by atoms with Crippen LogP contribution >= 0.6 is 11.8 Å². The van der Waals surface area contributed by atoms with Gasteiger partial charge in [-0.2, -0.15) is 0 Å². The van der Waals surface area contributed by atoms with Gasteiger partial charge in [0.05, 0.1) is 17.6 Å². The minimum Gasteiger partial charge on any atom is -0.494 e. The van der Waals surface area contributed by atoms with Gasteiger partial charge in [-0.05, 0) is 44.4 Å². The number of nitrogens with zero attached hydrogens (tertiary/aromatic N) is 1. The number of hydrogen-bond acceptors (Lipinski definition) is 4. The Balaban J connectivity index is 1.78. The quantitative estimate of drug-likeness (QED) is 0.888. The average molecular weight is 291 g/mol. The number of benzene rings is 1. The first-order valence-corrected chi connectivity index (χ1v) is 8.17. The first-order valence-electron chi connectivity index (χ1n) is 7.29. The van der Waals surface area contributed by atoms with E-state index in [9.17, 15) is 0 Å². The van der Waals surface area contributed by atoms with Crippen LogP contribution in [0.2, 0.25) is 0 Å². The van der Waals surface area contributed by atoms with E-state index in [1.807, 2.05) is 36.9 Å². The summed E-state index contributed by atoms with van der Waals surface area (Å²) in [7, 11) is 0. The van der Waals surface area contributed by atoms with Gasteiger partial charge < -0.3 is 15.5 Å². The number of rotatable bonds is 5. The molecule has 4 nitrogen and oxygen atoms in total. The second kappa shape index (κ2) is 6.06. The fourth-order valence-electron chi connectivity index (χ4n) is 2.85. The van der Waals surface area contributed by atoms with Crippen LogP contribution in [-0.2, 0) is 0 Å². The van der Waals surface area contributed by atoms with Gasteiger partial charge >= 0.3 is 0 Å². The van der Waals surface area contributed by atoms with Gasteiger partial charge in [0.15, 0.2) is 5.16 Å². The van der Waals surface area contributed by atoms with Gasteiger partial charge in [-0.3, -0.25) is 0 Å². The van der Waals surface area contributed by atoms with E-state index in [-0.39, 0.29) is 0 Å². The van der Waals surface area contributed by atoms with Crippen LogP contribution in [-0.4, -0.2) is 28.4 Å². The number of aromatic nitrogens is 2. The average Bonchev–Trinajstić information content (AvgIpc) is 3.04. The molecule has 1 aliphatic rings. The van der Waals surface area contributed by atoms with E-state index in [1.165, 1.54) is 19.3 Å². The molecule has 0 amide bonds. The van der Waals surface area contributed by atoms with Crippen molar-refractivity contribution in [2.75, 3.05) is 13.2 Å². The topological polar surface area (TPSA) is 63.9 Å². The van der Waals surface area contributed by atoms with E-state index in [2.05, 4.69) is 9.97 Å². The molecule has 1 saturated carbocycles. The largest absolute Gasteiger partial charge is 0.494 e. The SMILES string of the molecule is CCOc1ccc2nc(SC3CCCC3CN)[nH]c2c1. The Morgan fingerprint density at radius 2 is 2.35 bits per heavy atom. The minimum absolute atomic E-state index is 0.604. The number of H-pyrrole nitrogens is 1. The molecular formula is C15H21N3OS. The number of ether oxygens (including phenoxy) is 1. The second-order valence-electron chi connectivity index (χ2n) is 5.24. The Bertz CT molecular complexity index is 584. The summed E-state index contributed by atoms with van der Waals surface area (Å²) in [5, 5.41) is 1.60. The predicted molar refractivity (Wildman–Crippen MR) is 83.3 cm³/mol.